The Morgan fingerprint density at radius 1 is 1.42 bits per heavy atom. The fourth-order valence-corrected chi connectivity index (χ4v) is 3.08. The number of nitrogens with zero attached hydrogens (tertiary/aromatic N) is 1. The largest absolute Gasteiger partial charge is 0.458 e. The van der Waals surface area contributed by atoms with E-state index in [4.69, 9.17) is 4.74 Å². The van der Waals surface area contributed by atoms with Gasteiger partial charge in [0.25, 0.3) is 0 Å². The van der Waals surface area contributed by atoms with Crippen molar-refractivity contribution >= 4 is 21.9 Å². The highest BCUT2D eigenvalue weighted by Gasteiger charge is 2.27. The predicted octanol–water partition coefficient (Wildman–Crippen LogP) is 3.15. The second kappa shape index (κ2) is 5.63. The summed E-state index contributed by atoms with van der Waals surface area (Å²) in [5, 5.41) is 0. The number of hydrogen-bond donors (Lipinski definition) is 0. The Morgan fingerprint density at radius 3 is 2.84 bits per heavy atom. The summed E-state index contributed by atoms with van der Waals surface area (Å²) < 4.78 is 6.50. The van der Waals surface area contributed by atoms with Gasteiger partial charge >= 0.3 is 5.97 Å². The Kier molecular flexibility index (Phi) is 4.31. The number of carbonyl (C=O) groups excluding carboxylic acids is 1. The molecule has 0 amide bonds. The molecule has 0 N–H and O–H groups in total. The second-order valence-corrected chi connectivity index (χ2v) is 6.64. The van der Waals surface area contributed by atoms with Crippen LogP contribution in [-0.4, -0.2) is 29.6 Å². The van der Waals surface area contributed by atoms with Crippen molar-refractivity contribution in [2.45, 2.75) is 39.3 Å². The molecular weight excluding hydrogens is 306 g/mol. The predicted molar refractivity (Wildman–Crippen MR) is 79.0 cm³/mol. The molecule has 0 saturated heterocycles. The first-order valence-corrected chi connectivity index (χ1v) is 7.34. The van der Waals surface area contributed by atoms with Gasteiger partial charge in [0.2, 0.25) is 0 Å². The lowest BCUT2D eigenvalue weighted by atomic mass is 9.98. The minimum absolute atomic E-state index is 0.216. The van der Waals surface area contributed by atoms with E-state index in [0.717, 1.165) is 30.5 Å². The lowest BCUT2D eigenvalue weighted by Crippen LogP contribution is -2.43. The average molecular weight is 326 g/mol. The Balaban J connectivity index is 2.02. The molecule has 0 aromatic heterocycles. The van der Waals surface area contributed by atoms with Crippen LogP contribution >= 0.6 is 15.9 Å². The van der Waals surface area contributed by atoms with Crippen molar-refractivity contribution in [3.05, 3.63) is 33.8 Å². The minimum atomic E-state index is -0.432. The first-order chi connectivity index (χ1) is 8.85. The third kappa shape index (κ3) is 4.05. The van der Waals surface area contributed by atoms with Gasteiger partial charge in [-0.05, 0) is 43.5 Å². The molecule has 1 heterocycles. The average Bonchev–Trinajstić information content (AvgIpc) is 2.27. The Labute approximate surface area is 123 Å². The van der Waals surface area contributed by atoms with Gasteiger partial charge in [-0.15, -0.1) is 0 Å². The Morgan fingerprint density at radius 2 is 2.16 bits per heavy atom. The van der Waals surface area contributed by atoms with Gasteiger partial charge in [0.05, 0.1) is 0 Å². The van der Waals surface area contributed by atoms with Crippen molar-refractivity contribution in [2.24, 2.45) is 0 Å². The molecule has 0 bridgehead atoms. The van der Waals surface area contributed by atoms with Crippen LogP contribution in [0.15, 0.2) is 22.7 Å². The summed E-state index contributed by atoms with van der Waals surface area (Å²) in [6, 6.07) is 6.45. The molecule has 0 aliphatic carbocycles. The van der Waals surface area contributed by atoms with E-state index < -0.39 is 5.60 Å². The molecule has 1 aromatic carbocycles. The van der Waals surface area contributed by atoms with Gasteiger partial charge in [-0.1, -0.05) is 22.0 Å². The van der Waals surface area contributed by atoms with Crippen molar-refractivity contribution in [3.63, 3.8) is 0 Å². The smallest absolute Gasteiger partial charge is 0.303 e. The fraction of sp³-hybridized carbons (Fsp3) is 0.533. The zero-order valence-corrected chi connectivity index (χ0v) is 13.3. The van der Waals surface area contributed by atoms with Crippen LogP contribution < -0.4 is 0 Å². The third-order valence-electron chi connectivity index (χ3n) is 3.28. The van der Waals surface area contributed by atoms with Crippen LogP contribution in [0.5, 0.6) is 0 Å². The molecule has 1 aliphatic rings. The van der Waals surface area contributed by atoms with Gasteiger partial charge in [-0.3, -0.25) is 9.69 Å². The molecule has 4 heteroatoms. The van der Waals surface area contributed by atoms with Crippen molar-refractivity contribution in [3.8, 4) is 0 Å². The molecule has 0 radical (unpaired) electrons. The number of rotatable bonds is 3. The van der Waals surface area contributed by atoms with E-state index in [2.05, 4.69) is 39.0 Å². The second-order valence-electron chi connectivity index (χ2n) is 5.73. The van der Waals surface area contributed by atoms with E-state index >= 15 is 0 Å². The zero-order chi connectivity index (χ0) is 14.0. The number of benzene rings is 1. The number of fused-ring (bicyclic) bond motifs is 1. The molecule has 104 valence electrons. The van der Waals surface area contributed by atoms with Crippen LogP contribution in [0.25, 0.3) is 0 Å². The van der Waals surface area contributed by atoms with Crippen LogP contribution in [-0.2, 0) is 22.5 Å². The quantitative estimate of drug-likeness (QED) is 0.799. The number of halogens is 1. The van der Waals surface area contributed by atoms with E-state index in [9.17, 15) is 4.79 Å². The van der Waals surface area contributed by atoms with Gasteiger partial charge in [0, 0.05) is 31.0 Å². The highest BCUT2D eigenvalue weighted by Crippen LogP contribution is 2.24. The van der Waals surface area contributed by atoms with Crippen molar-refractivity contribution < 1.29 is 9.53 Å². The number of hydrogen-bond acceptors (Lipinski definition) is 3. The first-order valence-electron chi connectivity index (χ1n) is 6.55. The minimum Gasteiger partial charge on any atom is -0.458 e. The van der Waals surface area contributed by atoms with Gasteiger partial charge in [0.15, 0.2) is 0 Å². The number of esters is 1. The van der Waals surface area contributed by atoms with Crippen LogP contribution in [0.2, 0.25) is 0 Å². The monoisotopic (exact) mass is 325 g/mol. The molecule has 19 heavy (non-hydrogen) atoms. The van der Waals surface area contributed by atoms with Crippen molar-refractivity contribution in [2.75, 3.05) is 13.1 Å². The van der Waals surface area contributed by atoms with Crippen LogP contribution in [0, 0.1) is 0 Å². The molecule has 0 saturated carbocycles. The summed E-state index contributed by atoms with van der Waals surface area (Å²) in [7, 11) is 0. The Bertz CT molecular complexity index is 485. The first kappa shape index (κ1) is 14.5. The molecule has 3 nitrogen and oxygen atoms in total. The summed E-state index contributed by atoms with van der Waals surface area (Å²) in [5.74, 6) is -0.216. The third-order valence-corrected chi connectivity index (χ3v) is 3.78. The molecule has 0 atom stereocenters. The van der Waals surface area contributed by atoms with Crippen LogP contribution in [0.1, 0.15) is 31.9 Å². The molecular formula is C15H20BrNO2. The molecule has 0 unspecified atom stereocenters. The molecule has 0 fully saturated rings. The van der Waals surface area contributed by atoms with E-state index in [1.54, 1.807) is 0 Å². The maximum Gasteiger partial charge on any atom is 0.303 e. The normalized spacial score (nSPS) is 16.0. The molecule has 1 aromatic rings. The topological polar surface area (TPSA) is 29.5 Å². The van der Waals surface area contributed by atoms with E-state index in [1.165, 1.54) is 18.1 Å². The highest BCUT2D eigenvalue weighted by atomic mass is 79.9. The summed E-state index contributed by atoms with van der Waals surface area (Å²) in [4.78, 5) is 13.4. The SMILES string of the molecule is CC(=O)OC(C)(C)CN1CCc2cc(Br)ccc2C1. The fourth-order valence-electron chi connectivity index (χ4n) is 2.67. The summed E-state index contributed by atoms with van der Waals surface area (Å²) in [6.07, 6.45) is 1.05. The van der Waals surface area contributed by atoms with Gasteiger partial charge < -0.3 is 4.74 Å². The molecule has 2 rings (SSSR count). The van der Waals surface area contributed by atoms with E-state index in [-0.39, 0.29) is 5.97 Å². The summed E-state index contributed by atoms with van der Waals surface area (Å²) in [6.45, 7) is 8.09. The van der Waals surface area contributed by atoms with E-state index in [1.807, 2.05) is 13.8 Å². The summed E-state index contributed by atoms with van der Waals surface area (Å²) in [5.41, 5.74) is 2.35. The van der Waals surface area contributed by atoms with Gasteiger partial charge in [0.1, 0.15) is 5.60 Å². The van der Waals surface area contributed by atoms with Crippen molar-refractivity contribution in [1.82, 2.24) is 4.90 Å². The lowest BCUT2D eigenvalue weighted by molar-refractivity contribution is -0.155. The maximum absolute atomic E-state index is 11.1. The van der Waals surface area contributed by atoms with Crippen LogP contribution in [0.3, 0.4) is 0 Å². The standard InChI is InChI=1S/C15H20BrNO2/c1-11(18)19-15(2,3)10-17-7-6-12-8-14(16)5-4-13(12)9-17/h4-5,8H,6-7,9-10H2,1-3H3. The molecule has 1 aliphatic heterocycles. The maximum atomic E-state index is 11.1. The van der Waals surface area contributed by atoms with Gasteiger partial charge in [-0.2, -0.15) is 0 Å². The van der Waals surface area contributed by atoms with E-state index in [0.29, 0.717) is 0 Å². The Hall–Kier alpha value is -0.870. The highest BCUT2D eigenvalue weighted by molar-refractivity contribution is 9.10. The van der Waals surface area contributed by atoms with Crippen molar-refractivity contribution in [1.29, 1.82) is 0 Å². The number of ether oxygens (including phenoxy) is 1. The molecule has 0 spiro atoms. The number of carbonyl (C=O) groups is 1. The summed E-state index contributed by atoms with van der Waals surface area (Å²) >= 11 is 3.51. The lowest BCUT2D eigenvalue weighted by Gasteiger charge is -2.35. The van der Waals surface area contributed by atoms with Gasteiger partial charge in [-0.25, -0.2) is 0 Å². The van der Waals surface area contributed by atoms with Crippen LogP contribution in [0.4, 0.5) is 0 Å². The zero-order valence-electron chi connectivity index (χ0n) is 11.7.